The first-order valence-electron chi connectivity index (χ1n) is 4.49. The number of aryl methyl sites for hydroxylation is 1. The van der Waals surface area contributed by atoms with Gasteiger partial charge in [0.2, 0.25) is 0 Å². The number of nitrogens with zero attached hydrogens (tertiary/aromatic N) is 2. The molecule has 15 heavy (non-hydrogen) atoms. The number of aromatic nitrogens is 3. The van der Waals surface area contributed by atoms with Crippen LogP contribution in [0.5, 0.6) is 0 Å². The van der Waals surface area contributed by atoms with Crippen LogP contribution in [0, 0.1) is 11.7 Å². The molecule has 2 rings (SSSR count). The number of hydrogen-bond donors (Lipinski definition) is 2. The Bertz CT molecular complexity index is 511. The molecule has 4 nitrogen and oxygen atoms in total. The van der Waals surface area contributed by atoms with Crippen molar-refractivity contribution in [2.45, 2.75) is 20.1 Å². The number of rotatable bonds is 3. The highest BCUT2D eigenvalue weighted by Gasteiger charge is 2.07. The SMILES string of the molecule is Cc1cscc1Cn1c(CO)n[nH]c1=S. The molecule has 0 amide bonds. The Kier molecular flexibility index (Phi) is 2.99. The van der Waals surface area contributed by atoms with E-state index in [0.717, 1.165) is 0 Å². The average Bonchev–Trinajstić information content (AvgIpc) is 2.77. The number of hydrogen-bond acceptors (Lipinski definition) is 4. The minimum Gasteiger partial charge on any atom is -0.388 e. The molecule has 0 aliphatic carbocycles. The summed E-state index contributed by atoms with van der Waals surface area (Å²) in [5, 5.41) is 19.9. The summed E-state index contributed by atoms with van der Waals surface area (Å²) in [6, 6.07) is 0. The molecule has 2 aromatic heterocycles. The monoisotopic (exact) mass is 241 g/mol. The van der Waals surface area contributed by atoms with Gasteiger partial charge in [-0.25, -0.2) is 0 Å². The van der Waals surface area contributed by atoms with E-state index in [0.29, 0.717) is 17.1 Å². The van der Waals surface area contributed by atoms with Gasteiger partial charge >= 0.3 is 0 Å². The Morgan fingerprint density at radius 1 is 1.60 bits per heavy atom. The minimum atomic E-state index is -0.101. The lowest BCUT2D eigenvalue weighted by atomic mass is 10.2. The quantitative estimate of drug-likeness (QED) is 0.806. The number of aromatic amines is 1. The molecule has 2 N–H and O–H groups in total. The van der Waals surface area contributed by atoms with Gasteiger partial charge in [0.15, 0.2) is 10.6 Å². The first-order chi connectivity index (χ1) is 7.22. The normalized spacial score (nSPS) is 10.8. The second-order valence-corrected chi connectivity index (χ2v) is 4.40. The highest BCUT2D eigenvalue weighted by atomic mass is 32.1. The van der Waals surface area contributed by atoms with Crippen molar-refractivity contribution in [3.8, 4) is 0 Å². The Hall–Kier alpha value is -0.980. The fraction of sp³-hybridized carbons (Fsp3) is 0.333. The van der Waals surface area contributed by atoms with E-state index in [-0.39, 0.29) is 6.61 Å². The van der Waals surface area contributed by atoms with Gasteiger partial charge in [0, 0.05) is 0 Å². The molecule has 0 saturated carbocycles. The van der Waals surface area contributed by atoms with E-state index in [9.17, 15) is 0 Å². The molecule has 2 heterocycles. The molecule has 2 aromatic rings. The molecule has 0 aliphatic rings. The Labute approximate surface area is 96.2 Å². The second kappa shape index (κ2) is 4.26. The van der Waals surface area contributed by atoms with Crippen LogP contribution in [0.3, 0.4) is 0 Å². The van der Waals surface area contributed by atoms with Gasteiger partial charge in [0.1, 0.15) is 6.61 Å². The minimum absolute atomic E-state index is 0.101. The zero-order valence-electron chi connectivity index (χ0n) is 8.23. The third-order valence-corrected chi connectivity index (χ3v) is 3.49. The maximum atomic E-state index is 9.08. The van der Waals surface area contributed by atoms with Gasteiger partial charge in [-0.2, -0.15) is 16.4 Å². The lowest BCUT2D eigenvalue weighted by molar-refractivity contribution is 0.265. The van der Waals surface area contributed by atoms with Gasteiger partial charge in [0.25, 0.3) is 0 Å². The molecule has 80 valence electrons. The van der Waals surface area contributed by atoms with Gasteiger partial charge in [-0.3, -0.25) is 9.67 Å². The lowest BCUT2D eigenvalue weighted by Gasteiger charge is -2.04. The summed E-state index contributed by atoms with van der Waals surface area (Å²) in [5.41, 5.74) is 2.46. The summed E-state index contributed by atoms with van der Waals surface area (Å²) in [6.45, 7) is 2.63. The lowest BCUT2D eigenvalue weighted by Crippen LogP contribution is -2.05. The van der Waals surface area contributed by atoms with Crippen molar-refractivity contribution in [3.63, 3.8) is 0 Å². The average molecular weight is 241 g/mol. The van der Waals surface area contributed by atoms with Crippen LogP contribution in [0.4, 0.5) is 0 Å². The summed E-state index contributed by atoms with van der Waals surface area (Å²) in [5.74, 6) is 0.575. The van der Waals surface area contributed by atoms with E-state index in [1.165, 1.54) is 11.1 Å². The van der Waals surface area contributed by atoms with Crippen LogP contribution in [0.2, 0.25) is 0 Å². The van der Waals surface area contributed by atoms with Crippen LogP contribution >= 0.6 is 23.6 Å². The molecule has 0 saturated heterocycles. The Balaban J connectivity index is 2.35. The maximum absolute atomic E-state index is 9.08. The summed E-state index contributed by atoms with van der Waals surface area (Å²) in [7, 11) is 0. The van der Waals surface area contributed by atoms with Gasteiger partial charge in [-0.15, -0.1) is 0 Å². The highest BCUT2D eigenvalue weighted by molar-refractivity contribution is 7.71. The summed E-state index contributed by atoms with van der Waals surface area (Å²) in [4.78, 5) is 0. The number of aliphatic hydroxyl groups excluding tert-OH is 1. The van der Waals surface area contributed by atoms with Gasteiger partial charge in [-0.1, -0.05) is 0 Å². The van der Waals surface area contributed by atoms with E-state index in [1.54, 1.807) is 11.3 Å². The molecular formula is C9H11N3OS2. The molecule has 0 spiro atoms. The molecular weight excluding hydrogens is 230 g/mol. The van der Waals surface area contributed by atoms with Crippen LogP contribution in [-0.4, -0.2) is 19.9 Å². The molecule has 0 aliphatic heterocycles. The van der Waals surface area contributed by atoms with Crippen molar-refractivity contribution >= 4 is 23.6 Å². The molecule has 6 heteroatoms. The number of H-pyrrole nitrogens is 1. The maximum Gasteiger partial charge on any atom is 0.195 e. The van der Waals surface area contributed by atoms with E-state index in [1.807, 2.05) is 4.57 Å². The summed E-state index contributed by atoms with van der Waals surface area (Å²) < 4.78 is 2.36. The fourth-order valence-corrected chi connectivity index (χ4v) is 2.42. The topological polar surface area (TPSA) is 53.8 Å². The van der Waals surface area contributed by atoms with Crippen molar-refractivity contribution < 1.29 is 5.11 Å². The Morgan fingerprint density at radius 3 is 3.00 bits per heavy atom. The van der Waals surface area contributed by atoms with Crippen molar-refractivity contribution in [3.05, 3.63) is 32.5 Å². The predicted octanol–water partition coefficient (Wildman–Crippen LogP) is 1.85. The highest BCUT2D eigenvalue weighted by Crippen LogP contribution is 2.15. The number of aliphatic hydroxyl groups is 1. The van der Waals surface area contributed by atoms with Crippen LogP contribution in [-0.2, 0) is 13.2 Å². The van der Waals surface area contributed by atoms with E-state index >= 15 is 0 Å². The smallest absolute Gasteiger partial charge is 0.195 e. The van der Waals surface area contributed by atoms with Crippen LogP contribution in [0.25, 0.3) is 0 Å². The predicted molar refractivity (Wildman–Crippen MR) is 61.5 cm³/mol. The molecule has 0 fully saturated rings. The summed E-state index contributed by atoms with van der Waals surface area (Å²) >= 11 is 6.76. The molecule has 0 radical (unpaired) electrons. The fourth-order valence-electron chi connectivity index (χ4n) is 1.35. The standard InChI is InChI=1S/C9H11N3OS2/c1-6-4-15-5-7(6)2-12-8(3-13)10-11-9(12)14/h4-5,13H,2-3H2,1H3,(H,11,14). The van der Waals surface area contributed by atoms with E-state index in [4.69, 9.17) is 17.3 Å². The van der Waals surface area contributed by atoms with Gasteiger partial charge in [0.05, 0.1) is 6.54 Å². The van der Waals surface area contributed by atoms with Crippen molar-refractivity contribution in [1.82, 2.24) is 14.8 Å². The molecule has 0 atom stereocenters. The van der Waals surface area contributed by atoms with Crippen LogP contribution in [0.1, 0.15) is 17.0 Å². The second-order valence-electron chi connectivity index (χ2n) is 3.27. The van der Waals surface area contributed by atoms with Gasteiger partial charge < -0.3 is 5.11 Å². The first-order valence-corrected chi connectivity index (χ1v) is 5.84. The molecule has 0 aromatic carbocycles. The Morgan fingerprint density at radius 2 is 2.40 bits per heavy atom. The third kappa shape index (κ3) is 2.01. The largest absolute Gasteiger partial charge is 0.388 e. The van der Waals surface area contributed by atoms with Crippen molar-refractivity contribution in [2.75, 3.05) is 0 Å². The zero-order chi connectivity index (χ0) is 10.8. The first kappa shape index (κ1) is 10.5. The number of thiophene rings is 1. The third-order valence-electron chi connectivity index (χ3n) is 2.27. The van der Waals surface area contributed by atoms with Crippen molar-refractivity contribution in [1.29, 1.82) is 0 Å². The summed E-state index contributed by atoms with van der Waals surface area (Å²) in [6.07, 6.45) is 0. The zero-order valence-corrected chi connectivity index (χ0v) is 9.86. The molecule has 0 bridgehead atoms. The van der Waals surface area contributed by atoms with Crippen LogP contribution < -0.4 is 0 Å². The van der Waals surface area contributed by atoms with Gasteiger partial charge in [-0.05, 0) is 41.0 Å². The number of nitrogens with one attached hydrogen (secondary N) is 1. The molecule has 0 unspecified atom stereocenters. The van der Waals surface area contributed by atoms with Crippen molar-refractivity contribution in [2.24, 2.45) is 0 Å². The van der Waals surface area contributed by atoms with E-state index in [2.05, 4.69) is 27.9 Å². The van der Waals surface area contributed by atoms with Crippen LogP contribution in [0.15, 0.2) is 10.8 Å². The van der Waals surface area contributed by atoms with E-state index < -0.39 is 0 Å².